The molecule has 1 aliphatic rings. The summed E-state index contributed by atoms with van der Waals surface area (Å²) in [7, 11) is 0. The summed E-state index contributed by atoms with van der Waals surface area (Å²) in [5.74, 6) is -0.674. The zero-order chi connectivity index (χ0) is 15.1. The molecule has 3 N–H and O–H groups in total. The molecule has 1 saturated heterocycles. The Morgan fingerprint density at radius 3 is 3.00 bits per heavy atom. The second kappa shape index (κ2) is 4.62. The molecule has 19 heavy (non-hydrogen) atoms. The van der Waals surface area contributed by atoms with Gasteiger partial charge in [0.25, 0.3) is 5.56 Å². The van der Waals surface area contributed by atoms with Crippen LogP contribution in [0.3, 0.4) is 0 Å². The monoisotopic (exact) mass is 271 g/mol. The van der Waals surface area contributed by atoms with E-state index in [0.717, 1.165) is 6.20 Å². The van der Waals surface area contributed by atoms with Gasteiger partial charge < -0.3 is 14.9 Å². The highest BCUT2D eigenvalue weighted by Crippen LogP contribution is 2.36. The first-order valence-electron chi connectivity index (χ1n) is 5.77. The van der Waals surface area contributed by atoms with Crippen LogP contribution in [0.5, 0.6) is 0 Å². The molecule has 0 saturated carbocycles. The zero-order valence-corrected chi connectivity index (χ0v) is 9.59. The van der Waals surface area contributed by atoms with Gasteiger partial charge >= 0.3 is 5.69 Å². The molecule has 0 amide bonds. The van der Waals surface area contributed by atoms with Crippen LogP contribution < -0.4 is 11.2 Å². The summed E-state index contributed by atoms with van der Waals surface area (Å²) < 4.78 is 27.0. The average Bonchev–Trinajstić information content (AvgIpc) is 2.61. The maximum atomic E-state index is 13.9. The van der Waals surface area contributed by atoms with Gasteiger partial charge in [0.1, 0.15) is 18.3 Å². The number of hydrogen-bond donors (Lipinski definition) is 3. The van der Waals surface area contributed by atoms with E-state index in [2.05, 4.69) is 4.74 Å². The highest BCUT2D eigenvalue weighted by atomic mass is 19.2. The minimum absolute atomic E-state index is 0.285. The van der Waals surface area contributed by atoms with Crippen molar-refractivity contribution in [2.45, 2.75) is 24.6 Å². The van der Waals surface area contributed by atoms with Crippen molar-refractivity contribution in [3.05, 3.63) is 32.6 Å². The summed E-state index contributed by atoms with van der Waals surface area (Å²) in [5, 5.41) is 18.6. The Balaban J connectivity index is 2.60. The van der Waals surface area contributed by atoms with Crippen molar-refractivity contribution in [3.8, 4) is 12.3 Å². The maximum Gasteiger partial charge on any atom is 0.330 e. The number of ether oxygens (including phenoxy) is 1. The van der Waals surface area contributed by atoms with Crippen molar-refractivity contribution in [1.82, 2.24) is 9.55 Å². The van der Waals surface area contributed by atoms with Crippen LogP contribution in [0, 0.1) is 12.3 Å². The third kappa shape index (κ3) is 2.31. The first-order valence-corrected chi connectivity index (χ1v) is 5.27. The average molecular weight is 271 g/mol. The van der Waals surface area contributed by atoms with Gasteiger partial charge in [-0.15, -0.1) is 6.42 Å². The van der Waals surface area contributed by atoms with Crippen molar-refractivity contribution in [3.63, 3.8) is 0 Å². The molecular formula is C11H11FN2O5. The van der Waals surface area contributed by atoms with E-state index in [1.54, 1.807) is 0 Å². The zero-order valence-electron chi connectivity index (χ0n) is 10.6. The minimum atomic E-state index is -2.66. The number of aromatic nitrogens is 2. The lowest BCUT2D eigenvalue weighted by molar-refractivity contribution is -0.180. The number of rotatable bonds is 2. The van der Waals surface area contributed by atoms with Crippen molar-refractivity contribution >= 4 is 0 Å². The molecule has 1 aromatic rings. The number of nitrogens with zero attached hydrogens (tertiary/aromatic N) is 1. The van der Waals surface area contributed by atoms with E-state index in [1.807, 2.05) is 10.9 Å². The normalized spacial score (nSPS) is 34.8. The van der Waals surface area contributed by atoms with Gasteiger partial charge in [-0.2, -0.15) is 0 Å². The molecule has 1 aromatic heterocycles. The molecule has 0 aliphatic carbocycles. The van der Waals surface area contributed by atoms with E-state index in [-0.39, 0.29) is 5.56 Å². The molecule has 1 fully saturated rings. The minimum Gasteiger partial charge on any atom is -0.390 e. The number of H-pyrrole nitrogens is 1. The first-order chi connectivity index (χ1) is 9.25. The molecule has 2 heterocycles. The number of aromatic amines is 1. The number of halogens is 1. The fourth-order valence-corrected chi connectivity index (χ4v) is 1.72. The smallest absolute Gasteiger partial charge is 0.330 e. The van der Waals surface area contributed by atoms with E-state index in [9.17, 15) is 19.1 Å². The molecule has 2 rings (SSSR count). The molecule has 0 bridgehead atoms. The second-order valence-electron chi connectivity index (χ2n) is 4.02. The standard InChI is InChI=1S/C11H11FN2O5/c1-2-6-4-14(10(18)13-8(6)17)9-7(16)3-11(12,5-15)19-9/h1,4,7,9,15-16H,3,5H2,(H,13,17,18)/t7-,9-,11+/m1/s1/i9D. The van der Waals surface area contributed by atoms with Crippen molar-refractivity contribution in [1.29, 1.82) is 0 Å². The summed E-state index contributed by atoms with van der Waals surface area (Å²) in [6, 6.07) is 0. The molecule has 0 spiro atoms. The Labute approximate surface area is 107 Å². The van der Waals surface area contributed by atoms with Crippen LogP contribution in [0.15, 0.2) is 15.8 Å². The van der Waals surface area contributed by atoms with Gasteiger partial charge in [-0.05, 0) is 0 Å². The van der Waals surface area contributed by atoms with Crippen LogP contribution in [0.4, 0.5) is 4.39 Å². The fourth-order valence-electron chi connectivity index (χ4n) is 1.72. The molecule has 1 aliphatic heterocycles. The van der Waals surface area contributed by atoms with E-state index in [0.29, 0.717) is 4.57 Å². The third-order valence-electron chi connectivity index (χ3n) is 2.64. The predicted octanol–water partition coefficient (Wildman–Crippen LogP) is -1.54. The quantitative estimate of drug-likeness (QED) is 0.565. The van der Waals surface area contributed by atoms with Crippen LogP contribution in [0.1, 0.15) is 19.6 Å². The van der Waals surface area contributed by atoms with E-state index in [1.165, 1.54) is 0 Å². The molecule has 3 atom stereocenters. The molecule has 0 radical (unpaired) electrons. The molecule has 8 heteroatoms. The number of aliphatic hydroxyl groups excluding tert-OH is 2. The Kier molecular flexibility index (Phi) is 2.94. The fraction of sp³-hybridized carbons (Fsp3) is 0.455. The Bertz CT molecular complexity index is 695. The lowest BCUT2D eigenvalue weighted by Gasteiger charge is -2.19. The first kappa shape index (κ1) is 12.1. The van der Waals surface area contributed by atoms with Gasteiger partial charge in [0, 0.05) is 12.6 Å². The maximum absolute atomic E-state index is 13.9. The van der Waals surface area contributed by atoms with Crippen LogP contribution in [0.2, 0.25) is 0 Å². The lowest BCUT2D eigenvalue weighted by Crippen LogP contribution is -2.37. The summed E-state index contributed by atoms with van der Waals surface area (Å²) in [5.41, 5.74) is -2.23. The van der Waals surface area contributed by atoms with Crippen molar-refractivity contribution < 1.29 is 20.7 Å². The lowest BCUT2D eigenvalue weighted by atomic mass is 10.2. The van der Waals surface area contributed by atoms with Gasteiger partial charge in [0.15, 0.2) is 6.20 Å². The largest absolute Gasteiger partial charge is 0.390 e. The van der Waals surface area contributed by atoms with Crippen LogP contribution in [-0.4, -0.2) is 38.3 Å². The molecule has 7 nitrogen and oxygen atoms in total. The summed E-state index contributed by atoms with van der Waals surface area (Å²) in [6.07, 6.45) is 0.898. The number of nitrogens with one attached hydrogen (secondary N) is 1. The predicted molar refractivity (Wildman–Crippen MR) is 60.9 cm³/mol. The molecule has 0 unspecified atom stereocenters. The van der Waals surface area contributed by atoms with Crippen molar-refractivity contribution in [2.75, 3.05) is 6.61 Å². The third-order valence-corrected chi connectivity index (χ3v) is 2.64. The van der Waals surface area contributed by atoms with Crippen LogP contribution >= 0.6 is 0 Å². The van der Waals surface area contributed by atoms with Gasteiger partial charge in [-0.3, -0.25) is 14.3 Å². The SMILES string of the molecule is [2H][C@@]1(n2cc(C#C)c(=O)[nH]c2=O)O[C@](F)(CO)C[C@H]1O. The molecule has 0 aromatic carbocycles. The van der Waals surface area contributed by atoms with E-state index >= 15 is 0 Å². The highest BCUT2D eigenvalue weighted by Gasteiger charge is 2.47. The second-order valence-corrected chi connectivity index (χ2v) is 4.02. The van der Waals surface area contributed by atoms with Crippen molar-refractivity contribution in [2.24, 2.45) is 0 Å². The molecule has 102 valence electrons. The van der Waals surface area contributed by atoms with Crippen LogP contribution in [-0.2, 0) is 4.74 Å². The number of terminal acetylenes is 1. The van der Waals surface area contributed by atoms with E-state index in [4.69, 9.17) is 12.9 Å². The van der Waals surface area contributed by atoms with Gasteiger partial charge in [0.05, 0.1) is 1.37 Å². The molecular weight excluding hydrogens is 259 g/mol. The van der Waals surface area contributed by atoms with Crippen LogP contribution in [0.25, 0.3) is 0 Å². The Morgan fingerprint density at radius 1 is 1.79 bits per heavy atom. The Morgan fingerprint density at radius 2 is 2.47 bits per heavy atom. The summed E-state index contributed by atoms with van der Waals surface area (Å²) in [6.45, 7) is -1.09. The van der Waals surface area contributed by atoms with Gasteiger partial charge in [-0.1, -0.05) is 5.92 Å². The van der Waals surface area contributed by atoms with Gasteiger partial charge in [-0.25, -0.2) is 9.18 Å². The number of alkyl halides is 1. The summed E-state index contributed by atoms with van der Waals surface area (Å²) in [4.78, 5) is 24.8. The van der Waals surface area contributed by atoms with Gasteiger partial charge in [0.2, 0.25) is 5.85 Å². The van der Waals surface area contributed by atoms with E-state index < -0.39 is 42.4 Å². The Hall–Kier alpha value is -1.95. The number of aliphatic hydroxyl groups is 2. The topological polar surface area (TPSA) is 105 Å². The highest BCUT2D eigenvalue weighted by molar-refractivity contribution is 5.26. The summed E-state index contributed by atoms with van der Waals surface area (Å²) >= 11 is 0. The number of hydrogen-bond acceptors (Lipinski definition) is 5.